The molecule has 3 aromatic heterocycles. The Hall–Kier alpha value is -6.39. The van der Waals surface area contributed by atoms with Crippen LogP contribution < -0.4 is 16.0 Å². The van der Waals surface area contributed by atoms with E-state index in [1.165, 1.54) is 43.8 Å². The van der Waals surface area contributed by atoms with Crippen LogP contribution in [-0.4, -0.2) is 82.0 Å². The van der Waals surface area contributed by atoms with Gasteiger partial charge in [0.2, 0.25) is 17.6 Å². The van der Waals surface area contributed by atoms with Crippen molar-refractivity contribution in [1.29, 1.82) is 0 Å². The molecule has 3 heterocycles. The van der Waals surface area contributed by atoms with E-state index < -0.39 is 23.5 Å². The second kappa shape index (κ2) is 13.5. The SMILES string of the molecule is O=C(NCC(C(=O)Nc1cc(-c2nn[nH]n2)cc(-c2nn[nH]n2)c1)c1cccc(F)c1)c1cc2nc[nH]c2cc1C(=O)NCC12CC3CC(CC(C3)C1)C2. The smallest absolute Gasteiger partial charge is 0.252 e. The van der Waals surface area contributed by atoms with Crippen LogP contribution in [0.3, 0.4) is 0 Å². The molecule has 0 saturated heterocycles. The van der Waals surface area contributed by atoms with Crippen molar-refractivity contribution in [2.45, 2.75) is 44.4 Å². The van der Waals surface area contributed by atoms with Gasteiger partial charge in [0.25, 0.3) is 11.8 Å². The largest absolute Gasteiger partial charge is 0.351 e. The minimum Gasteiger partial charge on any atom is -0.351 e. The molecular formula is C37H36FN13O3. The van der Waals surface area contributed by atoms with Crippen molar-refractivity contribution in [3.05, 3.63) is 83.4 Å². The average Bonchev–Trinajstić information content (AvgIpc) is 3.97. The third kappa shape index (κ3) is 6.56. The van der Waals surface area contributed by atoms with Crippen LogP contribution in [-0.2, 0) is 4.79 Å². The minimum atomic E-state index is -1.05. The van der Waals surface area contributed by atoms with Crippen LogP contribution in [0.25, 0.3) is 33.8 Å². The number of H-pyrrole nitrogens is 3. The van der Waals surface area contributed by atoms with Crippen molar-refractivity contribution >= 4 is 34.4 Å². The summed E-state index contributed by atoms with van der Waals surface area (Å²) < 4.78 is 14.6. The number of carbonyl (C=O) groups is 3. The van der Waals surface area contributed by atoms with E-state index in [0.717, 1.165) is 37.0 Å². The van der Waals surface area contributed by atoms with E-state index in [1.54, 1.807) is 36.4 Å². The van der Waals surface area contributed by atoms with Gasteiger partial charge in [-0.1, -0.05) is 12.1 Å². The van der Waals surface area contributed by atoms with Gasteiger partial charge in [-0.05, 0) is 120 Å². The molecule has 54 heavy (non-hydrogen) atoms. The zero-order valence-electron chi connectivity index (χ0n) is 29.0. The molecule has 4 saturated carbocycles. The second-order valence-electron chi connectivity index (χ2n) is 15.0. The van der Waals surface area contributed by atoms with Gasteiger partial charge in [0.15, 0.2) is 0 Å². The van der Waals surface area contributed by atoms with Gasteiger partial charge in [-0.15, -0.1) is 20.4 Å². The van der Waals surface area contributed by atoms with E-state index >= 15 is 0 Å². The Bertz CT molecular complexity index is 2270. The number of hydrogen-bond acceptors (Lipinski definition) is 10. The Morgan fingerprint density at radius 3 is 2.09 bits per heavy atom. The van der Waals surface area contributed by atoms with Crippen molar-refractivity contribution in [2.75, 3.05) is 18.4 Å². The highest BCUT2D eigenvalue weighted by Crippen LogP contribution is 2.59. The number of nitrogens with zero attached hydrogens (tertiary/aromatic N) is 7. The van der Waals surface area contributed by atoms with Crippen LogP contribution in [0.2, 0.25) is 0 Å². The molecule has 3 amide bonds. The molecule has 3 aromatic carbocycles. The van der Waals surface area contributed by atoms with Crippen LogP contribution in [0.15, 0.2) is 60.9 Å². The lowest BCUT2D eigenvalue weighted by Crippen LogP contribution is -2.51. The summed E-state index contributed by atoms with van der Waals surface area (Å²) in [6.45, 7) is 0.352. The van der Waals surface area contributed by atoms with Crippen LogP contribution >= 0.6 is 0 Å². The van der Waals surface area contributed by atoms with E-state index in [0.29, 0.717) is 40.0 Å². The highest BCUT2D eigenvalue weighted by Gasteiger charge is 2.50. The Kier molecular flexibility index (Phi) is 8.39. The van der Waals surface area contributed by atoms with Crippen LogP contribution in [0, 0.1) is 29.0 Å². The maximum Gasteiger partial charge on any atom is 0.252 e. The number of halogens is 1. The van der Waals surface area contributed by atoms with Gasteiger partial charge < -0.3 is 20.9 Å². The summed E-state index contributed by atoms with van der Waals surface area (Å²) in [7, 11) is 0. The van der Waals surface area contributed by atoms with Gasteiger partial charge in [-0.2, -0.15) is 10.4 Å². The topological polar surface area (TPSA) is 225 Å². The summed E-state index contributed by atoms with van der Waals surface area (Å²) >= 11 is 0. The number of amides is 3. The summed E-state index contributed by atoms with van der Waals surface area (Å²) in [4.78, 5) is 49.3. The highest BCUT2D eigenvalue weighted by molar-refractivity contribution is 6.10. The Balaban J connectivity index is 0.966. The third-order valence-corrected chi connectivity index (χ3v) is 11.3. The highest BCUT2D eigenvalue weighted by atomic mass is 19.1. The molecule has 1 unspecified atom stereocenters. The second-order valence-corrected chi connectivity index (χ2v) is 15.0. The third-order valence-electron chi connectivity index (χ3n) is 11.3. The first-order valence-electron chi connectivity index (χ1n) is 18.0. The summed E-state index contributed by atoms with van der Waals surface area (Å²) in [6.07, 6.45) is 8.82. The summed E-state index contributed by atoms with van der Waals surface area (Å²) in [5.74, 6) is -0.317. The van der Waals surface area contributed by atoms with Gasteiger partial charge in [-0.25, -0.2) is 9.37 Å². The van der Waals surface area contributed by atoms with Gasteiger partial charge in [0.1, 0.15) is 5.82 Å². The van der Waals surface area contributed by atoms with Crippen LogP contribution in [0.4, 0.5) is 10.1 Å². The fourth-order valence-corrected chi connectivity index (χ4v) is 9.36. The zero-order valence-corrected chi connectivity index (χ0v) is 29.0. The van der Waals surface area contributed by atoms with Crippen molar-refractivity contribution in [3.63, 3.8) is 0 Å². The molecule has 274 valence electrons. The summed E-state index contributed by atoms with van der Waals surface area (Å²) in [5, 5.41) is 37.1. The van der Waals surface area contributed by atoms with Crippen LogP contribution in [0.1, 0.15) is 70.7 Å². The van der Waals surface area contributed by atoms with E-state index in [-0.39, 0.29) is 40.6 Å². The van der Waals surface area contributed by atoms with E-state index in [2.05, 4.69) is 67.2 Å². The maximum atomic E-state index is 14.6. The molecule has 0 aliphatic heterocycles. The van der Waals surface area contributed by atoms with E-state index in [9.17, 15) is 18.8 Å². The van der Waals surface area contributed by atoms with E-state index in [4.69, 9.17) is 0 Å². The number of tetrazole rings is 2. The Morgan fingerprint density at radius 1 is 0.815 bits per heavy atom. The van der Waals surface area contributed by atoms with Gasteiger partial charge >= 0.3 is 0 Å². The lowest BCUT2D eigenvalue weighted by Gasteiger charge is -2.56. The molecular weight excluding hydrogens is 693 g/mol. The van der Waals surface area contributed by atoms with Crippen LogP contribution in [0.5, 0.6) is 0 Å². The average molecular weight is 730 g/mol. The van der Waals surface area contributed by atoms with Gasteiger partial charge in [0, 0.05) is 29.9 Å². The lowest BCUT2D eigenvalue weighted by molar-refractivity contribution is -0.117. The first kappa shape index (κ1) is 33.4. The quantitative estimate of drug-likeness (QED) is 0.112. The van der Waals surface area contributed by atoms with E-state index in [1.807, 2.05) is 0 Å². The molecule has 4 bridgehead atoms. The molecule has 4 aliphatic rings. The molecule has 0 spiro atoms. The predicted octanol–water partition coefficient (Wildman–Crippen LogP) is 4.16. The molecule has 10 rings (SSSR count). The molecule has 0 radical (unpaired) electrons. The normalized spacial score (nSPS) is 21.9. The summed E-state index contributed by atoms with van der Waals surface area (Å²) in [5.41, 5.74) is 3.21. The number of benzene rings is 3. The lowest BCUT2D eigenvalue weighted by atomic mass is 9.49. The minimum absolute atomic E-state index is 0.105. The molecule has 6 N–H and O–H groups in total. The zero-order chi connectivity index (χ0) is 36.8. The number of hydrogen-bond donors (Lipinski definition) is 6. The predicted molar refractivity (Wildman–Crippen MR) is 192 cm³/mol. The van der Waals surface area contributed by atoms with Crippen molar-refractivity contribution in [2.24, 2.45) is 23.2 Å². The Morgan fingerprint density at radius 2 is 1.46 bits per heavy atom. The number of aromatic nitrogens is 10. The molecule has 1 atom stereocenters. The number of anilines is 1. The van der Waals surface area contributed by atoms with Gasteiger partial charge in [0.05, 0.1) is 34.4 Å². The Labute approximate surface area is 306 Å². The number of imidazole rings is 1. The summed E-state index contributed by atoms with van der Waals surface area (Å²) in [6, 6.07) is 13.8. The fourth-order valence-electron chi connectivity index (χ4n) is 9.36. The fraction of sp³-hybridized carbons (Fsp3) is 0.351. The number of rotatable bonds is 11. The van der Waals surface area contributed by atoms with Gasteiger partial charge in [-0.3, -0.25) is 14.4 Å². The molecule has 6 aromatic rings. The standard InChI is InChI=1S/C37H36FN13O3/c38-25-3-1-2-22(8-25)29(36(54)43-26-9-23(32-44-48-49-45-32)7-24(10-26)33-46-50-51-47-33)16-39-34(52)27-11-30-31(42-18-41-30)12-28(27)35(53)40-17-37-13-19-4-20(14-37)6-21(5-19)15-37/h1-3,7-12,18-21,29H,4-6,13-17H2,(H,39,52)(H,40,53)(H,41,42)(H,43,54)(H,44,45,48,49)(H,46,47,50,51). The maximum absolute atomic E-state index is 14.6. The first-order chi connectivity index (χ1) is 26.3. The number of fused-ring (bicyclic) bond motifs is 1. The number of carbonyl (C=O) groups excluding carboxylic acids is 3. The first-order valence-corrected chi connectivity index (χ1v) is 18.0. The van der Waals surface area contributed by atoms with Crippen molar-refractivity contribution < 1.29 is 18.8 Å². The molecule has 17 heteroatoms. The van der Waals surface area contributed by atoms with Crippen molar-refractivity contribution in [3.8, 4) is 22.8 Å². The number of aromatic amines is 3. The molecule has 4 fully saturated rings. The monoisotopic (exact) mass is 729 g/mol. The molecule has 4 aliphatic carbocycles. The van der Waals surface area contributed by atoms with Crippen molar-refractivity contribution in [1.82, 2.24) is 61.8 Å². The molecule has 16 nitrogen and oxygen atoms in total. The number of nitrogens with one attached hydrogen (secondary N) is 6.